The number of aliphatic imine (C=N–C) groups is 1. The van der Waals surface area contributed by atoms with Gasteiger partial charge in [0, 0.05) is 45.0 Å². The molecule has 2 N–H and O–H groups in total. The second-order valence-electron chi connectivity index (χ2n) is 7.43. The molecule has 1 aliphatic rings. The Hall–Kier alpha value is -2.07. The summed E-state index contributed by atoms with van der Waals surface area (Å²) in [5, 5.41) is 7.62. The molecule has 0 spiro atoms. The van der Waals surface area contributed by atoms with Gasteiger partial charge in [-0.2, -0.15) is 0 Å². The van der Waals surface area contributed by atoms with Crippen molar-refractivity contribution in [2.45, 2.75) is 32.4 Å². The maximum absolute atomic E-state index is 6.30. The minimum absolute atomic E-state index is 0. The van der Waals surface area contributed by atoms with E-state index in [0.29, 0.717) is 11.1 Å². The van der Waals surface area contributed by atoms with Crippen LogP contribution in [0.2, 0.25) is 5.02 Å². The highest BCUT2D eigenvalue weighted by Gasteiger charge is 2.25. The predicted molar refractivity (Wildman–Crippen MR) is 139 cm³/mol. The number of para-hydroxylation sites is 2. The zero-order valence-corrected chi connectivity index (χ0v) is 20.8. The highest BCUT2D eigenvalue weighted by atomic mass is 127. The smallest absolute Gasteiger partial charge is 0.191 e. The first kappa shape index (κ1) is 23.6. The van der Waals surface area contributed by atoms with Gasteiger partial charge in [-0.05, 0) is 44.0 Å². The number of pyridine rings is 1. The monoisotopic (exact) mass is 553 g/mol. The molecule has 1 unspecified atom stereocenters. The number of nitrogens with zero attached hydrogens (tertiary/aromatic N) is 5. The number of halogens is 2. The summed E-state index contributed by atoms with van der Waals surface area (Å²) in [6.07, 6.45) is 5.68. The van der Waals surface area contributed by atoms with Crippen LogP contribution in [0.5, 0.6) is 0 Å². The summed E-state index contributed by atoms with van der Waals surface area (Å²) in [5.41, 5.74) is 2.21. The minimum Gasteiger partial charge on any atom is -0.357 e. The van der Waals surface area contributed by atoms with Crippen LogP contribution in [0.15, 0.2) is 53.9 Å². The molecule has 0 aliphatic carbocycles. The fourth-order valence-electron chi connectivity index (χ4n) is 3.81. The lowest BCUT2D eigenvalue weighted by Gasteiger charge is -2.20. The third kappa shape index (κ3) is 6.00. The van der Waals surface area contributed by atoms with Crippen LogP contribution in [0.3, 0.4) is 0 Å². The van der Waals surface area contributed by atoms with Gasteiger partial charge in [-0.15, -0.1) is 24.0 Å². The number of fused-ring (bicyclic) bond motifs is 1. The Balaban J connectivity index is 0.00000272. The predicted octanol–water partition coefficient (Wildman–Crippen LogP) is 3.93. The molecule has 2 aromatic heterocycles. The number of hydrogen-bond acceptors (Lipinski definition) is 4. The molecular weight excluding hydrogens is 525 g/mol. The van der Waals surface area contributed by atoms with Gasteiger partial charge >= 0.3 is 0 Å². The topological polar surface area (TPSA) is 70.4 Å². The molecule has 0 amide bonds. The molecule has 0 bridgehead atoms. The molecule has 1 aromatic carbocycles. The SMILES string of the molecule is CCNC(=NCCCn1cnc2ccccc21)NC1CCN(c2ncccc2Cl)C1.I. The Morgan fingerprint density at radius 2 is 2.10 bits per heavy atom. The van der Waals surface area contributed by atoms with Gasteiger partial charge in [-0.3, -0.25) is 4.99 Å². The number of anilines is 1. The van der Waals surface area contributed by atoms with Crippen molar-refractivity contribution < 1.29 is 0 Å². The molecule has 31 heavy (non-hydrogen) atoms. The molecule has 0 radical (unpaired) electrons. The molecule has 1 aliphatic heterocycles. The van der Waals surface area contributed by atoms with Crippen LogP contribution in [0, 0.1) is 0 Å². The quantitative estimate of drug-likeness (QED) is 0.201. The zero-order valence-electron chi connectivity index (χ0n) is 17.7. The standard InChI is InChI=1S/C22H28ClN7.HI/c1-2-24-22(26-12-6-13-30-16-27-19-8-3-4-9-20(19)30)28-17-10-14-29(15-17)21-18(23)7-5-11-25-21;/h3-5,7-9,11,16-17H,2,6,10,12-15H2,1H3,(H2,24,26,28);1H. The van der Waals surface area contributed by atoms with Crippen LogP contribution in [0.25, 0.3) is 11.0 Å². The van der Waals surface area contributed by atoms with Crippen molar-refractivity contribution in [3.05, 3.63) is 53.9 Å². The molecule has 166 valence electrons. The molecule has 3 aromatic rings. The normalized spacial score (nSPS) is 16.4. The first-order chi connectivity index (χ1) is 14.7. The van der Waals surface area contributed by atoms with Gasteiger partial charge in [0.2, 0.25) is 0 Å². The van der Waals surface area contributed by atoms with Gasteiger partial charge in [-0.1, -0.05) is 23.7 Å². The van der Waals surface area contributed by atoms with Gasteiger partial charge in [-0.25, -0.2) is 9.97 Å². The fraction of sp³-hybridized carbons (Fsp3) is 0.409. The summed E-state index contributed by atoms with van der Waals surface area (Å²) in [6.45, 7) is 6.37. The summed E-state index contributed by atoms with van der Waals surface area (Å²) in [4.78, 5) is 15.9. The fourth-order valence-corrected chi connectivity index (χ4v) is 4.06. The van der Waals surface area contributed by atoms with E-state index in [1.165, 1.54) is 5.52 Å². The van der Waals surface area contributed by atoms with E-state index in [1.54, 1.807) is 6.20 Å². The third-order valence-electron chi connectivity index (χ3n) is 5.27. The van der Waals surface area contributed by atoms with E-state index in [-0.39, 0.29) is 24.0 Å². The molecule has 7 nitrogen and oxygen atoms in total. The Morgan fingerprint density at radius 3 is 2.94 bits per heavy atom. The molecule has 4 rings (SSSR count). The molecule has 0 saturated carbocycles. The van der Waals surface area contributed by atoms with Gasteiger partial charge in [0.05, 0.1) is 22.4 Å². The Kier molecular flexibility index (Phi) is 8.77. The molecule has 1 atom stereocenters. The van der Waals surface area contributed by atoms with Crippen molar-refractivity contribution in [2.24, 2.45) is 4.99 Å². The largest absolute Gasteiger partial charge is 0.357 e. The number of rotatable bonds is 7. The summed E-state index contributed by atoms with van der Waals surface area (Å²) in [5.74, 6) is 1.73. The molecule has 1 fully saturated rings. The second kappa shape index (κ2) is 11.5. The lowest BCUT2D eigenvalue weighted by atomic mass is 10.3. The number of guanidine groups is 1. The van der Waals surface area contributed by atoms with Crippen LogP contribution in [-0.4, -0.2) is 52.7 Å². The second-order valence-corrected chi connectivity index (χ2v) is 7.83. The molecule has 9 heteroatoms. The maximum Gasteiger partial charge on any atom is 0.191 e. The zero-order chi connectivity index (χ0) is 20.8. The van der Waals surface area contributed by atoms with Crippen LogP contribution < -0.4 is 15.5 Å². The summed E-state index contributed by atoms with van der Waals surface area (Å²) >= 11 is 6.30. The van der Waals surface area contributed by atoms with E-state index in [4.69, 9.17) is 16.6 Å². The summed E-state index contributed by atoms with van der Waals surface area (Å²) < 4.78 is 2.19. The van der Waals surface area contributed by atoms with Crippen LogP contribution in [-0.2, 0) is 6.54 Å². The number of nitrogens with one attached hydrogen (secondary N) is 2. The lowest BCUT2D eigenvalue weighted by molar-refractivity contribution is 0.636. The van der Waals surface area contributed by atoms with Gasteiger partial charge in [0.15, 0.2) is 5.96 Å². The average molecular weight is 554 g/mol. The molecule has 1 saturated heterocycles. The number of aromatic nitrogens is 3. The average Bonchev–Trinajstić information content (AvgIpc) is 3.39. The van der Waals surface area contributed by atoms with Gasteiger partial charge in [0.1, 0.15) is 5.82 Å². The number of benzene rings is 1. The van der Waals surface area contributed by atoms with E-state index >= 15 is 0 Å². The first-order valence-corrected chi connectivity index (χ1v) is 10.9. The van der Waals surface area contributed by atoms with Crippen molar-refractivity contribution >= 4 is 58.4 Å². The maximum atomic E-state index is 6.30. The number of aryl methyl sites for hydroxylation is 1. The van der Waals surface area contributed by atoms with E-state index < -0.39 is 0 Å². The first-order valence-electron chi connectivity index (χ1n) is 10.5. The highest BCUT2D eigenvalue weighted by Crippen LogP contribution is 2.25. The molecular formula is C22H29ClIN7. The van der Waals surface area contributed by atoms with E-state index in [9.17, 15) is 0 Å². The van der Waals surface area contributed by atoms with Crippen LogP contribution >= 0.6 is 35.6 Å². The van der Waals surface area contributed by atoms with Crippen LogP contribution in [0.4, 0.5) is 5.82 Å². The summed E-state index contributed by atoms with van der Waals surface area (Å²) in [6, 6.07) is 12.3. The van der Waals surface area contributed by atoms with E-state index in [2.05, 4.69) is 49.1 Å². The summed E-state index contributed by atoms with van der Waals surface area (Å²) in [7, 11) is 0. The Labute approximate surface area is 205 Å². The van der Waals surface area contributed by atoms with Gasteiger partial charge in [0.25, 0.3) is 0 Å². The number of imidazole rings is 1. The molecule has 3 heterocycles. The van der Waals surface area contributed by atoms with Crippen LogP contribution in [0.1, 0.15) is 19.8 Å². The van der Waals surface area contributed by atoms with Crippen molar-refractivity contribution in [3.63, 3.8) is 0 Å². The van der Waals surface area contributed by atoms with Gasteiger partial charge < -0.3 is 20.1 Å². The van der Waals surface area contributed by atoms with Crippen molar-refractivity contribution in [1.82, 2.24) is 25.2 Å². The van der Waals surface area contributed by atoms with Crippen molar-refractivity contribution in [3.8, 4) is 0 Å². The minimum atomic E-state index is 0. The highest BCUT2D eigenvalue weighted by molar-refractivity contribution is 14.0. The van der Waals surface area contributed by atoms with Crippen molar-refractivity contribution in [1.29, 1.82) is 0 Å². The third-order valence-corrected chi connectivity index (χ3v) is 5.56. The Morgan fingerprint density at radius 1 is 1.23 bits per heavy atom. The lowest BCUT2D eigenvalue weighted by Crippen LogP contribution is -2.44. The van der Waals surface area contributed by atoms with Crippen molar-refractivity contribution in [2.75, 3.05) is 31.1 Å². The van der Waals surface area contributed by atoms with E-state index in [0.717, 1.165) is 62.9 Å². The van der Waals surface area contributed by atoms with E-state index in [1.807, 2.05) is 30.6 Å². The number of hydrogen-bond donors (Lipinski definition) is 2. The Bertz CT molecular complexity index is 1010.